The predicted molar refractivity (Wildman–Crippen MR) is 141 cm³/mol. The normalized spacial score (nSPS) is 26.5. The van der Waals surface area contributed by atoms with Crippen molar-refractivity contribution in [2.45, 2.75) is 95.2 Å². The molecule has 1 aromatic heterocycles. The van der Waals surface area contributed by atoms with Crippen LogP contribution in [0.25, 0.3) is 0 Å². The molecule has 0 radical (unpaired) electrons. The van der Waals surface area contributed by atoms with Gasteiger partial charge in [-0.2, -0.15) is 0 Å². The van der Waals surface area contributed by atoms with Crippen molar-refractivity contribution in [3.05, 3.63) is 24.2 Å². The number of likely N-dealkylation sites (tertiary alicyclic amines) is 1. The summed E-state index contributed by atoms with van der Waals surface area (Å²) in [5, 5.41) is 17.7. The predicted octanol–water partition coefficient (Wildman–Crippen LogP) is 4.32. The van der Waals surface area contributed by atoms with Gasteiger partial charge in [0.05, 0.1) is 12.4 Å². The second-order valence-electron chi connectivity index (χ2n) is 9.82. The van der Waals surface area contributed by atoms with E-state index in [1.807, 2.05) is 12.1 Å². The number of furan rings is 1. The molecule has 2 saturated carbocycles. The Morgan fingerprint density at radius 3 is 2.50 bits per heavy atom. The maximum atomic E-state index is 10.4. The van der Waals surface area contributed by atoms with Crippen LogP contribution < -0.4 is 10.6 Å². The second kappa shape index (κ2) is 13.8. The molecule has 3 N–H and O–H groups in total. The number of halogens is 1. The van der Waals surface area contributed by atoms with Crippen molar-refractivity contribution in [2.24, 2.45) is 10.9 Å². The number of aliphatic hydroxyl groups excluding tert-OH is 1. The van der Waals surface area contributed by atoms with Gasteiger partial charge in [-0.05, 0) is 56.6 Å². The highest BCUT2D eigenvalue weighted by molar-refractivity contribution is 14.0. The lowest BCUT2D eigenvalue weighted by Gasteiger charge is -2.41. The summed E-state index contributed by atoms with van der Waals surface area (Å²) in [6.07, 6.45) is 16.0. The molecule has 182 valence electrons. The summed E-state index contributed by atoms with van der Waals surface area (Å²) >= 11 is 0. The Balaban J connectivity index is 0.00000289. The van der Waals surface area contributed by atoms with Gasteiger partial charge in [0, 0.05) is 44.7 Å². The highest BCUT2D eigenvalue weighted by Gasteiger charge is 2.31. The van der Waals surface area contributed by atoms with Crippen LogP contribution in [0.5, 0.6) is 0 Å². The minimum atomic E-state index is -0.130. The molecule has 32 heavy (non-hydrogen) atoms. The average Bonchev–Trinajstić information content (AvgIpc) is 3.33. The Labute approximate surface area is 211 Å². The van der Waals surface area contributed by atoms with Crippen LogP contribution in [0, 0.1) is 5.92 Å². The monoisotopic (exact) mass is 558 g/mol. The summed E-state index contributed by atoms with van der Waals surface area (Å²) in [6.45, 7) is 3.91. The van der Waals surface area contributed by atoms with E-state index in [4.69, 9.17) is 9.41 Å². The van der Waals surface area contributed by atoms with E-state index in [9.17, 15) is 5.11 Å². The molecule has 2 heterocycles. The Bertz CT molecular complexity index is 655. The Morgan fingerprint density at radius 1 is 1.03 bits per heavy atom. The summed E-state index contributed by atoms with van der Waals surface area (Å²) < 4.78 is 5.47. The van der Waals surface area contributed by atoms with E-state index >= 15 is 0 Å². The van der Waals surface area contributed by atoms with Crippen LogP contribution in [0.1, 0.15) is 76.4 Å². The molecule has 0 spiro atoms. The molecule has 6 nitrogen and oxygen atoms in total. The van der Waals surface area contributed by atoms with Crippen molar-refractivity contribution < 1.29 is 9.52 Å². The fourth-order valence-electron chi connectivity index (χ4n) is 5.59. The van der Waals surface area contributed by atoms with Gasteiger partial charge in [-0.15, -0.1) is 24.0 Å². The topological polar surface area (TPSA) is 73.0 Å². The zero-order valence-corrected chi connectivity index (χ0v) is 21.8. The van der Waals surface area contributed by atoms with Gasteiger partial charge in [-0.25, -0.2) is 0 Å². The summed E-state index contributed by atoms with van der Waals surface area (Å²) in [5.41, 5.74) is 0. The molecule has 7 heteroatoms. The number of hydrogen-bond donors (Lipinski definition) is 3. The van der Waals surface area contributed by atoms with Crippen molar-refractivity contribution >= 4 is 29.9 Å². The van der Waals surface area contributed by atoms with Crippen LogP contribution in [-0.4, -0.2) is 60.3 Å². The lowest BCUT2D eigenvalue weighted by atomic mass is 9.89. The number of aliphatic imine (C=N–C) groups is 1. The molecule has 3 fully saturated rings. The first-order valence-electron chi connectivity index (χ1n) is 12.8. The highest BCUT2D eigenvalue weighted by Crippen LogP contribution is 2.26. The van der Waals surface area contributed by atoms with Crippen LogP contribution in [0.15, 0.2) is 27.8 Å². The van der Waals surface area contributed by atoms with E-state index in [1.165, 1.54) is 44.9 Å². The molecular formula is C25H43IN4O2. The van der Waals surface area contributed by atoms with E-state index in [1.54, 1.807) is 6.26 Å². The standard InChI is InChI=1S/C25H42N4O2.HI/c30-24-11-5-4-10-23(24)29-16-13-21(14-17-29)28-25(26-15-12-22-9-6-18-31-22)27-19-20-7-2-1-3-8-20;/h6,9,18,20-21,23-24,30H,1-5,7-8,10-17,19H2,(H2,26,27,28);1H. The number of piperidine rings is 1. The smallest absolute Gasteiger partial charge is 0.191 e. The molecule has 1 saturated heterocycles. The maximum absolute atomic E-state index is 10.4. The first-order chi connectivity index (χ1) is 15.3. The summed E-state index contributed by atoms with van der Waals surface area (Å²) in [4.78, 5) is 7.52. The molecule has 1 aromatic rings. The lowest BCUT2D eigenvalue weighted by molar-refractivity contribution is 0.00810. The van der Waals surface area contributed by atoms with E-state index in [0.717, 1.165) is 75.9 Å². The van der Waals surface area contributed by atoms with Gasteiger partial charge in [0.2, 0.25) is 0 Å². The molecular weight excluding hydrogens is 515 g/mol. The minimum absolute atomic E-state index is 0. The lowest BCUT2D eigenvalue weighted by Crippen LogP contribution is -2.53. The van der Waals surface area contributed by atoms with E-state index in [-0.39, 0.29) is 30.1 Å². The number of aliphatic hydroxyl groups is 1. The molecule has 2 aliphatic carbocycles. The summed E-state index contributed by atoms with van der Waals surface area (Å²) in [5.74, 6) is 2.72. The number of nitrogens with one attached hydrogen (secondary N) is 2. The third kappa shape index (κ3) is 7.90. The number of rotatable bonds is 7. The zero-order chi connectivity index (χ0) is 21.3. The van der Waals surface area contributed by atoms with Gasteiger partial charge in [-0.1, -0.05) is 32.1 Å². The quantitative estimate of drug-likeness (QED) is 0.264. The van der Waals surface area contributed by atoms with E-state index in [0.29, 0.717) is 12.1 Å². The Kier molecular flexibility index (Phi) is 11.1. The number of hydrogen-bond acceptors (Lipinski definition) is 4. The molecule has 4 rings (SSSR count). The molecule has 1 aliphatic heterocycles. The van der Waals surface area contributed by atoms with Crippen molar-refractivity contribution in [1.29, 1.82) is 0 Å². The molecule has 2 unspecified atom stereocenters. The van der Waals surface area contributed by atoms with Crippen molar-refractivity contribution in [3.63, 3.8) is 0 Å². The van der Waals surface area contributed by atoms with Gasteiger partial charge in [0.1, 0.15) is 5.76 Å². The zero-order valence-electron chi connectivity index (χ0n) is 19.5. The third-order valence-electron chi connectivity index (χ3n) is 7.51. The largest absolute Gasteiger partial charge is 0.469 e. The fraction of sp³-hybridized carbons (Fsp3) is 0.800. The highest BCUT2D eigenvalue weighted by atomic mass is 127. The van der Waals surface area contributed by atoms with E-state index in [2.05, 4.69) is 15.5 Å². The van der Waals surface area contributed by atoms with Crippen LogP contribution in [0.3, 0.4) is 0 Å². The average molecular weight is 559 g/mol. The van der Waals surface area contributed by atoms with Crippen molar-refractivity contribution in [1.82, 2.24) is 15.5 Å². The van der Waals surface area contributed by atoms with Gasteiger partial charge in [-0.3, -0.25) is 9.89 Å². The summed E-state index contributed by atoms with van der Waals surface area (Å²) in [6, 6.07) is 4.81. The fourth-order valence-corrected chi connectivity index (χ4v) is 5.59. The van der Waals surface area contributed by atoms with E-state index < -0.39 is 0 Å². The Hall–Kier alpha value is -0.800. The second-order valence-corrected chi connectivity index (χ2v) is 9.82. The Morgan fingerprint density at radius 2 is 1.78 bits per heavy atom. The van der Waals surface area contributed by atoms with Gasteiger partial charge in [0.15, 0.2) is 5.96 Å². The van der Waals surface area contributed by atoms with Crippen LogP contribution >= 0.6 is 24.0 Å². The van der Waals surface area contributed by atoms with Crippen molar-refractivity contribution in [2.75, 3.05) is 26.2 Å². The molecule has 2 atom stereocenters. The molecule has 0 aromatic carbocycles. The third-order valence-corrected chi connectivity index (χ3v) is 7.51. The van der Waals surface area contributed by atoms with Crippen molar-refractivity contribution in [3.8, 4) is 0 Å². The van der Waals surface area contributed by atoms with Gasteiger partial charge >= 0.3 is 0 Å². The first-order valence-corrected chi connectivity index (χ1v) is 12.8. The van der Waals surface area contributed by atoms with Crippen LogP contribution in [0.2, 0.25) is 0 Å². The first kappa shape index (κ1) is 25.8. The van der Waals surface area contributed by atoms with Crippen LogP contribution in [-0.2, 0) is 6.42 Å². The molecule has 0 bridgehead atoms. The van der Waals surface area contributed by atoms with Gasteiger partial charge in [0.25, 0.3) is 0 Å². The van der Waals surface area contributed by atoms with Gasteiger partial charge < -0.3 is 20.2 Å². The number of nitrogens with zero attached hydrogens (tertiary/aromatic N) is 2. The summed E-state index contributed by atoms with van der Waals surface area (Å²) in [7, 11) is 0. The number of guanidine groups is 1. The molecule has 3 aliphatic rings. The molecule has 0 amide bonds. The SMILES string of the molecule is I.OC1CCCCC1N1CCC(NC(=NCC2CCCCC2)NCCc2ccco2)CC1. The van der Waals surface area contributed by atoms with Crippen LogP contribution in [0.4, 0.5) is 0 Å². The maximum Gasteiger partial charge on any atom is 0.191 e. The minimum Gasteiger partial charge on any atom is -0.469 e.